The number of likely N-dealkylation sites (tertiary alicyclic amines) is 1. The van der Waals surface area contributed by atoms with Gasteiger partial charge in [-0.1, -0.05) is 34.6 Å². The molecule has 212 valence electrons. The van der Waals surface area contributed by atoms with E-state index in [2.05, 4.69) is 16.4 Å². The summed E-state index contributed by atoms with van der Waals surface area (Å²) in [7, 11) is 0. The molecule has 0 bridgehead atoms. The fourth-order valence-corrected chi connectivity index (χ4v) is 4.43. The smallest absolute Gasteiger partial charge is 0.410 e. The molecule has 10 nitrogen and oxygen atoms in total. The number of hydrogen-bond donors (Lipinski definition) is 1. The number of furan rings is 1. The van der Waals surface area contributed by atoms with E-state index in [-0.39, 0.29) is 36.4 Å². The predicted molar refractivity (Wildman–Crippen MR) is 148 cm³/mol. The first-order valence-electron chi connectivity index (χ1n) is 13.5. The quantitative estimate of drug-likeness (QED) is 0.508. The molecule has 3 heterocycles. The highest BCUT2D eigenvalue weighted by atomic mass is 16.6. The molecule has 2 amide bonds. The molecule has 39 heavy (non-hydrogen) atoms. The van der Waals surface area contributed by atoms with E-state index in [1.165, 1.54) is 0 Å². The van der Waals surface area contributed by atoms with E-state index < -0.39 is 17.6 Å². The Morgan fingerprint density at radius 1 is 1.26 bits per heavy atom. The number of carbonyl (C=O) groups excluding carboxylic acids is 2. The van der Waals surface area contributed by atoms with Crippen molar-refractivity contribution >= 4 is 17.8 Å². The molecule has 10 heteroatoms. The van der Waals surface area contributed by atoms with Crippen molar-refractivity contribution in [3.8, 4) is 6.07 Å². The molecule has 1 saturated heterocycles. The minimum absolute atomic E-state index is 0.153. The van der Waals surface area contributed by atoms with E-state index in [0.29, 0.717) is 42.5 Å². The summed E-state index contributed by atoms with van der Waals surface area (Å²) in [4.78, 5) is 39.7. The summed E-state index contributed by atoms with van der Waals surface area (Å²) in [5.41, 5.74) is -0.657. The van der Waals surface area contributed by atoms with Gasteiger partial charge in [-0.15, -0.1) is 0 Å². The van der Waals surface area contributed by atoms with Gasteiger partial charge in [0.1, 0.15) is 28.6 Å². The molecular weight excluding hydrogens is 496 g/mol. The maximum Gasteiger partial charge on any atom is 0.410 e. The van der Waals surface area contributed by atoms with Crippen molar-refractivity contribution in [3.63, 3.8) is 0 Å². The highest BCUT2D eigenvalue weighted by Gasteiger charge is 2.38. The lowest BCUT2D eigenvalue weighted by atomic mass is 9.93. The molecule has 1 fully saturated rings. The van der Waals surface area contributed by atoms with Crippen LogP contribution in [0.3, 0.4) is 0 Å². The zero-order valence-electron chi connectivity index (χ0n) is 24.4. The molecule has 1 N–H and O–H groups in total. The Morgan fingerprint density at radius 2 is 1.97 bits per heavy atom. The number of hydrogen-bond acceptors (Lipinski definition) is 8. The lowest BCUT2D eigenvalue weighted by Gasteiger charge is -2.42. The van der Waals surface area contributed by atoms with Crippen LogP contribution in [0.2, 0.25) is 0 Å². The molecule has 1 aliphatic heterocycles. The zero-order chi connectivity index (χ0) is 29.0. The summed E-state index contributed by atoms with van der Waals surface area (Å²) in [5.74, 6) is 1.21. The Kier molecular flexibility index (Phi) is 9.26. The molecule has 0 unspecified atom stereocenters. The largest absolute Gasteiger partial charge is 0.467 e. The van der Waals surface area contributed by atoms with Gasteiger partial charge in [0, 0.05) is 31.2 Å². The first-order valence-corrected chi connectivity index (χ1v) is 13.5. The van der Waals surface area contributed by atoms with Crippen molar-refractivity contribution in [1.29, 1.82) is 5.26 Å². The van der Waals surface area contributed by atoms with E-state index in [1.807, 2.05) is 40.7 Å². The number of nitrogens with one attached hydrogen (secondary N) is 1. The van der Waals surface area contributed by atoms with Crippen LogP contribution < -0.4 is 5.32 Å². The summed E-state index contributed by atoms with van der Waals surface area (Å²) >= 11 is 0. The van der Waals surface area contributed by atoms with Gasteiger partial charge in [0.15, 0.2) is 0 Å². The van der Waals surface area contributed by atoms with Crippen LogP contribution in [0.1, 0.15) is 83.8 Å². The van der Waals surface area contributed by atoms with Crippen LogP contribution in [0.15, 0.2) is 29.0 Å². The van der Waals surface area contributed by atoms with Crippen LogP contribution in [0, 0.1) is 23.2 Å². The molecule has 1 aliphatic rings. The lowest BCUT2D eigenvalue weighted by Crippen LogP contribution is -2.55. The third kappa shape index (κ3) is 8.19. The van der Waals surface area contributed by atoms with Crippen molar-refractivity contribution in [3.05, 3.63) is 41.7 Å². The fourth-order valence-electron chi connectivity index (χ4n) is 4.43. The Morgan fingerprint density at radius 3 is 2.54 bits per heavy atom. The molecule has 3 rings (SSSR count). The second kappa shape index (κ2) is 12.1. The zero-order valence-corrected chi connectivity index (χ0v) is 24.4. The summed E-state index contributed by atoms with van der Waals surface area (Å²) in [6, 6.07) is 5.59. The number of ether oxygens (including phenoxy) is 1. The minimum Gasteiger partial charge on any atom is -0.467 e. The van der Waals surface area contributed by atoms with Crippen LogP contribution in [0.4, 0.5) is 10.6 Å². The van der Waals surface area contributed by atoms with E-state index in [9.17, 15) is 14.9 Å². The number of carbonyl (C=O) groups is 2. The summed E-state index contributed by atoms with van der Waals surface area (Å²) < 4.78 is 11.1. The van der Waals surface area contributed by atoms with Gasteiger partial charge < -0.3 is 24.3 Å². The number of aromatic nitrogens is 2. The first-order chi connectivity index (χ1) is 18.2. The molecule has 0 aliphatic carbocycles. The highest BCUT2D eigenvalue weighted by molar-refractivity contribution is 5.98. The second-order valence-electron chi connectivity index (χ2n) is 12.6. The first kappa shape index (κ1) is 29.9. The Labute approximate surface area is 231 Å². The molecule has 0 radical (unpaired) electrons. The molecule has 0 saturated carbocycles. The minimum atomic E-state index is -0.666. The average Bonchev–Trinajstić information content (AvgIpc) is 3.37. The maximum absolute atomic E-state index is 14.2. The van der Waals surface area contributed by atoms with Crippen LogP contribution >= 0.6 is 0 Å². The predicted octanol–water partition coefficient (Wildman–Crippen LogP) is 5.23. The van der Waals surface area contributed by atoms with Crippen molar-refractivity contribution in [1.82, 2.24) is 19.8 Å². The van der Waals surface area contributed by atoms with Crippen LogP contribution in [-0.4, -0.2) is 63.0 Å². The van der Waals surface area contributed by atoms with Crippen LogP contribution in [0.25, 0.3) is 0 Å². The number of anilines is 1. The van der Waals surface area contributed by atoms with E-state index >= 15 is 0 Å². The number of rotatable bonds is 7. The number of piperidine rings is 1. The number of amides is 2. The monoisotopic (exact) mass is 538 g/mol. The van der Waals surface area contributed by atoms with Crippen molar-refractivity contribution < 1.29 is 18.7 Å². The average molecular weight is 539 g/mol. The summed E-state index contributed by atoms with van der Waals surface area (Å²) in [6.07, 6.45) is 3.15. The second-order valence-corrected chi connectivity index (χ2v) is 12.6. The maximum atomic E-state index is 14.2. The van der Waals surface area contributed by atoms with Gasteiger partial charge in [0.25, 0.3) is 5.91 Å². The lowest BCUT2D eigenvalue weighted by molar-refractivity contribution is 0.00497. The Bertz CT molecular complexity index is 1170. The standard InChI is InChI=1S/C29H42N6O4/c1-19(2)16-35(21-12-20(13-30)17-34(18-21)27(37)39-29(6,7)8)25(36)23-15-32-26(28(3,4)5)33-24(23)31-14-22-10-9-11-38-22/h9-11,15,19-21H,12,14,16-18H2,1-8H3,(H,31,32,33)/t20-,21-/m0/s1. The van der Waals surface area contributed by atoms with Crippen molar-refractivity contribution in [2.24, 2.45) is 11.8 Å². The molecule has 0 aromatic carbocycles. The Hall–Kier alpha value is -3.61. The Balaban J connectivity index is 1.96. The fraction of sp³-hybridized carbons (Fsp3) is 0.621. The van der Waals surface area contributed by atoms with Crippen molar-refractivity contribution in [2.45, 2.75) is 85.4 Å². The number of nitrogens with zero attached hydrogens (tertiary/aromatic N) is 5. The van der Waals surface area contributed by atoms with E-state index in [4.69, 9.17) is 14.1 Å². The van der Waals surface area contributed by atoms with Gasteiger partial charge in [-0.25, -0.2) is 14.8 Å². The number of nitriles is 1. The summed E-state index contributed by atoms with van der Waals surface area (Å²) in [5, 5.41) is 13.1. The SMILES string of the molecule is CC(C)CN(C(=O)c1cnc(C(C)(C)C)nc1NCc1ccco1)[C@H]1C[C@@H](C#N)CN(C(=O)OC(C)(C)C)C1. The molecule has 0 spiro atoms. The topological polar surface area (TPSA) is 125 Å². The molecule has 2 aromatic rings. The van der Waals surface area contributed by atoms with Gasteiger partial charge in [0.05, 0.1) is 30.8 Å². The van der Waals surface area contributed by atoms with Gasteiger partial charge >= 0.3 is 6.09 Å². The van der Waals surface area contributed by atoms with Gasteiger partial charge in [-0.3, -0.25) is 4.79 Å². The normalized spacial score (nSPS) is 18.0. The molecule has 2 aromatic heterocycles. The molecule has 2 atom stereocenters. The van der Waals surface area contributed by atoms with Gasteiger partial charge in [-0.05, 0) is 45.2 Å². The highest BCUT2D eigenvalue weighted by Crippen LogP contribution is 2.28. The van der Waals surface area contributed by atoms with Crippen LogP contribution in [0.5, 0.6) is 0 Å². The van der Waals surface area contributed by atoms with Gasteiger partial charge in [-0.2, -0.15) is 5.26 Å². The van der Waals surface area contributed by atoms with Crippen molar-refractivity contribution in [2.75, 3.05) is 25.0 Å². The van der Waals surface area contributed by atoms with E-state index in [0.717, 1.165) is 0 Å². The third-order valence-electron chi connectivity index (χ3n) is 6.23. The molecular formula is C29H42N6O4. The van der Waals surface area contributed by atoms with E-state index in [1.54, 1.807) is 49.1 Å². The van der Waals surface area contributed by atoms with Crippen LogP contribution in [-0.2, 0) is 16.7 Å². The third-order valence-corrected chi connectivity index (χ3v) is 6.23. The summed E-state index contributed by atoms with van der Waals surface area (Å²) in [6.45, 7) is 16.9. The van der Waals surface area contributed by atoms with Gasteiger partial charge in [0.2, 0.25) is 0 Å².